The molecule has 0 saturated heterocycles. The van der Waals surface area contributed by atoms with Crippen molar-refractivity contribution in [1.29, 1.82) is 0 Å². The van der Waals surface area contributed by atoms with Crippen molar-refractivity contribution in [3.8, 4) is 0 Å². The molecule has 0 fully saturated rings. The van der Waals surface area contributed by atoms with Gasteiger partial charge in [-0.1, -0.05) is 22.9 Å². The van der Waals surface area contributed by atoms with Gasteiger partial charge in [0.2, 0.25) is 10.1 Å². The first-order valence-electron chi connectivity index (χ1n) is 5.44. The Balaban J connectivity index is 2.09. The second-order valence-corrected chi connectivity index (χ2v) is 5.76. The highest BCUT2D eigenvalue weighted by atomic mass is 79.9. The van der Waals surface area contributed by atoms with E-state index in [1.807, 2.05) is 6.92 Å². The van der Waals surface area contributed by atoms with Crippen molar-refractivity contribution in [3.63, 3.8) is 0 Å². The summed E-state index contributed by atoms with van der Waals surface area (Å²) >= 11 is 10.4. The van der Waals surface area contributed by atoms with Crippen molar-refractivity contribution in [2.24, 2.45) is 0 Å². The van der Waals surface area contributed by atoms with E-state index < -0.39 is 0 Å². The molecular formula is C11H10BrClN4OS. The zero-order valence-corrected chi connectivity index (χ0v) is 13.1. The van der Waals surface area contributed by atoms with Gasteiger partial charge in [0.05, 0.1) is 5.02 Å². The van der Waals surface area contributed by atoms with E-state index in [1.54, 1.807) is 18.2 Å². The molecule has 0 radical (unpaired) electrons. The highest BCUT2D eigenvalue weighted by molar-refractivity contribution is 9.10. The fraction of sp³-hybridized carbons (Fsp3) is 0.182. The number of carbonyl (C=O) groups is 1. The number of benzene rings is 1. The number of aromatic nitrogens is 2. The lowest BCUT2D eigenvalue weighted by Crippen LogP contribution is -2.11. The number of halogens is 2. The summed E-state index contributed by atoms with van der Waals surface area (Å²) < 4.78 is 0.720. The van der Waals surface area contributed by atoms with E-state index in [-0.39, 0.29) is 5.91 Å². The number of nitrogens with zero attached hydrogens (tertiary/aromatic N) is 2. The summed E-state index contributed by atoms with van der Waals surface area (Å²) in [6, 6.07) is 5.15. The Labute approximate surface area is 127 Å². The van der Waals surface area contributed by atoms with E-state index in [9.17, 15) is 4.79 Å². The van der Waals surface area contributed by atoms with Gasteiger partial charge in [-0.15, -0.1) is 10.2 Å². The molecule has 2 aromatic rings. The van der Waals surface area contributed by atoms with Gasteiger partial charge in [-0.05, 0) is 41.1 Å². The van der Waals surface area contributed by atoms with Gasteiger partial charge in [0, 0.05) is 16.7 Å². The topological polar surface area (TPSA) is 66.9 Å². The second-order valence-electron chi connectivity index (χ2n) is 3.53. The number of anilines is 2. The van der Waals surface area contributed by atoms with Gasteiger partial charge in [0.1, 0.15) is 0 Å². The lowest BCUT2D eigenvalue weighted by Gasteiger charge is -2.03. The molecule has 0 aliphatic carbocycles. The molecule has 0 saturated carbocycles. The minimum Gasteiger partial charge on any atom is -0.360 e. The normalized spacial score (nSPS) is 10.3. The number of carbonyl (C=O) groups excluding carboxylic acids is 1. The minimum atomic E-state index is -0.295. The standard InChI is InChI=1S/C11H10BrClN4OS/c1-2-14-11-17-16-10(19-11)9(18)15-6-3-4-8(13)7(12)5-6/h3-5H,2H2,1H3,(H,14,17)(H,15,18). The predicted octanol–water partition coefficient (Wildman–Crippen LogP) is 3.64. The van der Waals surface area contributed by atoms with Crippen LogP contribution >= 0.6 is 38.9 Å². The largest absolute Gasteiger partial charge is 0.360 e. The Morgan fingerprint density at radius 3 is 2.95 bits per heavy atom. The molecule has 1 amide bonds. The number of rotatable bonds is 4. The fourth-order valence-corrected chi connectivity index (χ4v) is 2.50. The molecule has 1 heterocycles. The average Bonchev–Trinajstić information content (AvgIpc) is 2.83. The van der Waals surface area contributed by atoms with Crippen LogP contribution in [0.3, 0.4) is 0 Å². The molecule has 0 spiro atoms. The van der Waals surface area contributed by atoms with E-state index in [1.165, 1.54) is 11.3 Å². The zero-order valence-electron chi connectivity index (χ0n) is 9.91. The van der Waals surface area contributed by atoms with Gasteiger partial charge in [-0.25, -0.2) is 0 Å². The lowest BCUT2D eigenvalue weighted by molar-refractivity contribution is 0.102. The number of nitrogens with one attached hydrogen (secondary N) is 2. The highest BCUT2D eigenvalue weighted by Gasteiger charge is 2.13. The SMILES string of the molecule is CCNc1nnc(C(=O)Nc2ccc(Cl)c(Br)c2)s1. The molecule has 5 nitrogen and oxygen atoms in total. The van der Waals surface area contributed by atoms with Crippen LogP contribution in [0.1, 0.15) is 16.7 Å². The third-order valence-corrected chi connectivity index (χ3v) is 4.22. The van der Waals surface area contributed by atoms with Crippen molar-refractivity contribution in [1.82, 2.24) is 10.2 Å². The van der Waals surface area contributed by atoms with E-state index in [0.29, 0.717) is 20.8 Å². The van der Waals surface area contributed by atoms with Crippen LogP contribution in [0.25, 0.3) is 0 Å². The van der Waals surface area contributed by atoms with Crippen molar-refractivity contribution >= 4 is 55.6 Å². The maximum atomic E-state index is 11.9. The van der Waals surface area contributed by atoms with Gasteiger partial charge < -0.3 is 10.6 Å². The molecule has 0 aliphatic heterocycles. The van der Waals surface area contributed by atoms with E-state index in [2.05, 4.69) is 36.8 Å². The molecule has 0 bridgehead atoms. The summed E-state index contributed by atoms with van der Waals surface area (Å²) in [5.74, 6) is -0.295. The van der Waals surface area contributed by atoms with E-state index in [4.69, 9.17) is 11.6 Å². The van der Waals surface area contributed by atoms with Crippen LogP contribution in [0.5, 0.6) is 0 Å². The van der Waals surface area contributed by atoms with E-state index >= 15 is 0 Å². The summed E-state index contributed by atoms with van der Waals surface area (Å²) in [6.45, 7) is 2.69. The predicted molar refractivity (Wildman–Crippen MR) is 81.2 cm³/mol. The average molecular weight is 362 g/mol. The van der Waals surface area contributed by atoms with Gasteiger partial charge in [0.25, 0.3) is 5.91 Å². The first-order valence-corrected chi connectivity index (χ1v) is 7.42. The van der Waals surface area contributed by atoms with Gasteiger partial charge in [-0.2, -0.15) is 0 Å². The molecule has 0 atom stereocenters. The molecule has 0 unspecified atom stereocenters. The third kappa shape index (κ3) is 3.65. The molecule has 100 valence electrons. The highest BCUT2D eigenvalue weighted by Crippen LogP contribution is 2.26. The van der Waals surface area contributed by atoms with Crippen LogP contribution in [0.4, 0.5) is 10.8 Å². The summed E-state index contributed by atoms with van der Waals surface area (Å²) in [4.78, 5) is 11.9. The number of hydrogen-bond donors (Lipinski definition) is 2. The Kier molecular flexibility index (Phi) is 4.73. The zero-order chi connectivity index (χ0) is 13.8. The molecular weight excluding hydrogens is 352 g/mol. The fourth-order valence-electron chi connectivity index (χ4n) is 1.30. The van der Waals surface area contributed by atoms with Crippen LogP contribution in [0.2, 0.25) is 5.02 Å². The van der Waals surface area contributed by atoms with Crippen molar-refractivity contribution in [2.45, 2.75) is 6.92 Å². The molecule has 19 heavy (non-hydrogen) atoms. The quantitative estimate of drug-likeness (QED) is 0.872. The summed E-state index contributed by atoms with van der Waals surface area (Å²) in [6.07, 6.45) is 0. The van der Waals surface area contributed by atoms with Gasteiger partial charge >= 0.3 is 0 Å². The molecule has 0 aliphatic rings. The Bertz CT molecular complexity index is 604. The Hall–Kier alpha value is -1.18. The second kappa shape index (κ2) is 6.31. The molecule has 1 aromatic heterocycles. The third-order valence-electron chi connectivity index (χ3n) is 2.12. The van der Waals surface area contributed by atoms with Crippen molar-refractivity contribution in [2.75, 3.05) is 17.2 Å². The first-order chi connectivity index (χ1) is 9.10. The molecule has 2 rings (SSSR count). The van der Waals surface area contributed by atoms with Crippen LogP contribution in [-0.4, -0.2) is 22.6 Å². The van der Waals surface area contributed by atoms with E-state index in [0.717, 1.165) is 11.0 Å². The van der Waals surface area contributed by atoms with Gasteiger partial charge in [0.15, 0.2) is 0 Å². The van der Waals surface area contributed by atoms with Crippen LogP contribution < -0.4 is 10.6 Å². The summed E-state index contributed by atoms with van der Waals surface area (Å²) in [7, 11) is 0. The summed E-state index contributed by atoms with van der Waals surface area (Å²) in [5.41, 5.74) is 0.640. The number of hydrogen-bond acceptors (Lipinski definition) is 5. The first kappa shape index (κ1) is 14.2. The molecule has 1 aromatic carbocycles. The Morgan fingerprint density at radius 2 is 2.26 bits per heavy atom. The summed E-state index contributed by atoms with van der Waals surface area (Å²) in [5, 5.41) is 15.0. The Morgan fingerprint density at radius 1 is 1.47 bits per heavy atom. The lowest BCUT2D eigenvalue weighted by atomic mass is 10.3. The molecule has 8 heteroatoms. The number of amides is 1. The monoisotopic (exact) mass is 360 g/mol. The maximum Gasteiger partial charge on any atom is 0.286 e. The molecule has 2 N–H and O–H groups in total. The van der Waals surface area contributed by atoms with Crippen LogP contribution in [0, 0.1) is 0 Å². The van der Waals surface area contributed by atoms with Crippen molar-refractivity contribution in [3.05, 3.63) is 32.7 Å². The maximum absolute atomic E-state index is 11.9. The van der Waals surface area contributed by atoms with Crippen LogP contribution in [-0.2, 0) is 0 Å². The van der Waals surface area contributed by atoms with Crippen molar-refractivity contribution < 1.29 is 4.79 Å². The smallest absolute Gasteiger partial charge is 0.286 e. The van der Waals surface area contributed by atoms with Crippen LogP contribution in [0.15, 0.2) is 22.7 Å². The van der Waals surface area contributed by atoms with Gasteiger partial charge in [-0.3, -0.25) is 4.79 Å². The minimum absolute atomic E-state index is 0.295.